The second kappa shape index (κ2) is 12.8. The molecular weight excluding hydrogens is 192 g/mol. The van der Waals surface area contributed by atoms with Crippen molar-refractivity contribution >= 4 is 0 Å². The Hall–Kier alpha value is -0.260. The van der Waals surface area contributed by atoms with Crippen LogP contribution in [0.5, 0.6) is 0 Å². The van der Waals surface area contributed by atoms with Gasteiger partial charge in [-0.2, -0.15) is 0 Å². The van der Waals surface area contributed by atoms with E-state index in [1.807, 2.05) is 0 Å². The van der Waals surface area contributed by atoms with Crippen molar-refractivity contribution in [1.82, 2.24) is 0 Å². The molecule has 0 amide bonds. The lowest BCUT2D eigenvalue weighted by molar-refractivity contribution is 0.557. The van der Waals surface area contributed by atoms with Crippen LogP contribution in [0.15, 0.2) is 11.6 Å². The Bertz CT molecular complexity index is 151. The predicted octanol–water partition coefficient (Wildman–Crippen LogP) is 6.26. The van der Waals surface area contributed by atoms with Crippen molar-refractivity contribution in [2.24, 2.45) is 0 Å². The van der Waals surface area contributed by atoms with E-state index in [9.17, 15) is 0 Å². The molecule has 0 unspecified atom stereocenters. The molecule has 0 aromatic heterocycles. The Morgan fingerprint density at radius 3 is 1.56 bits per heavy atom. The monoisotopic (exact) mass is 224 g/mol. The molecule has 0 saturated carbocycles. The van der Waals surface area contributed by atoms with Gasteiger partial charge in [0.2, 0.25) is 0 Å². The Morgan fingerprint density at radius 2 is 1.12 bits per heavy atom. The highest BCUT2D eigenvalue weighted by molar-refractivity contribution is 4.92. The molecule has 0 atom stereocenters. The third-order valence-corrected chi connectivity index (χ3v) is 3.11. The van der Waals surface area contributed by atoms with Gasteiger partial charge in [-0.15, -0.1) is 0 Å². The van der Waals surface area contributed by atoms with Gasteiger partial charge in [-0.3, -0.25) is 0 Å². The maximum absolute atomic E-state index is 2.37. The molecule has 0 bridgehead atoms. The summed E-state index contributed by atoms with van der Waals surface area (Å²) in [6.45, 7) is 6.67. The zero-order valence-corrected chi connectivity index (χ0v) is 11.9. The molecule has 0 aromatic carbocycles. The minimum absolute atomic E-state index is 1.29. The van der Waals surface area contributed by atoms with E-state index in [0.717, 1.165) is 0 Å². The van der Waals surface area contributed by atoms with E-state index in [-0.39, 0.29) is 0 Å². The molecule has 0 aliphatic rings. The molecule has 0 spiro atoms. The van der Waals surface area contributed by atoms with E-state index < -0.39 is 0 Å². The number of hydrogen-bond donors (Lipinski definition) is 0. The average Bonchev–Trinajstić information content (AvgIpc) is 2.25. The fraction of sp³-hybridized carbons (Fsp3) is 0.875. The van der Waals surface area contributed by atoms with Crippen molar-refractivity contribution < 1.29 is 0 Å². The first-order valence-corrected chi connectivity index (χ1v) is 7.40. The lowest BCUT2D eigenvalue weighted by Crippen LogP contribution is -1.81. The summed E-state index contributed by atoms with van der Waals surface area (Å²) in [6, 6.07) is 0. The summed E-state index contributed by atoms with van der Waals surface area (Å²) in [5.41, 5.74) is 1.47. The van der Waals surface area contributed by atoms with Crippen LogP contribution in [0, 0.1) is 0 Å². The molecule has 0 rings (SSSR count). The normalized spacial score (nSPS) is 10.4. The van der Waals surface area contributed by atoms with E-state index in [4.69, 9.17) is 0 Å². The molecule has 0 heteroatoms. The van der Waals surface area contributed by atoms with Crippen molar-refractivity contribution in [3.05, 3.63) is 11.6 Å². The smallest absolute Gasteiger partial charge is 0.0348 e. The SMILES string of the molecule is CCCCCCCCCCCCC=C(C)C. The standard InChI is InChI=1S/C16H32/c1-4-5-6-7-8-9-10-11-12-13-14-15-16(2)3/h15H,4-14H2,1-3H3. The van der Waals surface area contributed by atoms with Crippen LogP contribution in [-0.4, -0.2) is 0 Å². The van der Waals surface area contributed by atoms with Gasteiger partial charge >= 0.3 is 0 Å². The van der Waals surface area contributed by atoms with Gasteiger partial charge in [-0.1, -0.05) is 76.4 Å². The highest BCUT2D eigenvalue weighted by Gasteiger charge is 1.91. The first kappa shape index (κ1) is 15.7. The van der Waals surface area contributed by atoms with Crippen molar-refractivity contribution in [2.45, 2.75) is 91.4 Å². The number of rotatable bonds is 11. The number of hydrogen-bond acceptors (Lipinski definition) is 0. The van der Waals surface area contributed by atoms with Gasteiger partial charge in [0.15, 0.2) is 0 Å². The van der Waals surface area contributed by atoms with Gasteiger partial charge in [0.05, 0.1) is 0 Å². The van der Waals surface area contributed by atoms with Gasteiger partial charge < -0.3 is 0 Å². The summed E-state index contributed by atoms with van der Waals surface area (Å²) in [6.07, 6.45) is 18.0. The summed E-state index contributed by atoms with van der Waals surface area (Å²) in [7, 11) is 0. The summed E-state index contributed by atoms with van der Waals surface area (Å²) < 4.78 is 0. The van der Waals surface area contributed by atoms with Gasteiger partial charge in [0.1, 0.15) is 0 Å². The van der Waals surface area contributed by atoms with E-state index in [0.29, 0.717) is 0 Å². The molecule has 0 aromatic rings. The molecule has 0 N–H and O–H groups in total. The minimum Gasteiger partial charge on any atom is -0.0859 e. The highest BCUT2D eigenvalue weighted by atomic mass is 14.0. The lowest BCUT2D eigenvalue weighted by atomic mass is 10.1. The Morgan fingerprint density at radius 1 is 0.688 bits per heavy atom. The molecule has 16 heavy (non-hydrogen) atoms. The molecule has 0 aliphatic heterocycles. The maximum atomic E-state index is 2.37. The fourth-order valence-electron chi connectivity index (χ4n) is 2.02. The first-order valence-electron chi connectivity index (χ1n) is 7.40. The summed E-state index contributed by atoms with van der Waals surface area (Å²) in [4.78, 5) is 0. The number of unbranched alkanes of at least 4 members (excludes halogenated alkanes) is 10. The maximum Gasteiger partial charge on any atom is -0.0348 e. The van der Waals surface area contributed by atoms with Gasteiger partial charge in [-0.05, 0) is 26.7 Å². The first-order chi connectivity index (χ1) is 7.77. The largest absolute Gasteiger partial charge is 0.0859 e. The fourth-order valence-corrected chi connectivity index (χ4v) is 2.02. The van der Waals surface area contributed by atoms with Crippen molar-refractivity contribution in [1.29, 1.82) is 0 Å². The molecule has 96 valence electrons. The lowest BCUT2D eigenvalue weighted by Gasteiger charge is -2.01. The summed E-state index contributed by atoms with van der Waals surface area (Å²) in [5.74, 6) is 0. The number of allylic oxidation sites excluding steroid dienone is 2. The van der Waals surface area contributed by atoms with Crippen LogP contribution in [0.2, 0.25) is 0 Å². The second-order valence-corrected chi connectivity index (χ2v) is 5.25. The van der Waals surface area contributed by atoms with Crippen LogP contribution < -0.4 is 0 Å². The van der Waals surface area contributed by atoms with Crippen LogP contribution >= 0.6 is 0 Å². The van der Waals surface area contributed by atoms with E-state index >= 15 is 0 Å². The Balaban J connectivity index is 2.96. The predicted molar refractivity (Wildman–Crippen MR) is 75.9 cm³/mol. The molecule has 0 saturated heterocycles. The zero-order chi connectivity index (χ0) is 12.1. The van der Waals surface area contributed by atoms with Crippen molar-refractivity contribution in [3.8, 4) is 0 Å². The van der Waals surface area contributed by atoms with Crippen LogP contribution in [-0.2, 0) is 0 Å². The topological polar surface area (TPSA) is 0 Å². The van der Waals surface area contributed by atoms with Crippen LogP contribution in [0.1, 0.15) is 91.4 Å². The minimum atomic E-state index is 1.29. The molecule has 0 aliphatic carbocycles. The Labute approximate surface area is 104 Å². The average molecular weight is 224 g/mol. The second-order valence-electron chi connectivity index (χ2n) is 5.25. The van der Waals surface area contributed by atoms with E-state index in [2.05, 4.69) is 26.8 Å². The van der Waals surface area contributed by atoms with Gasteiger partial charge in [-0.25, -0.2) is 0 Å². The molecule has 0 nitrogen and oxygen atoms in total. The summed E-state index contributed by atoms with van der Waals surface area (Å²) >= 11 is 0. The van der Waals surface area contributed by atoms with Crippen molar-refractivity contribution in [3.63, 3.8) is 0 Å². The van der Waals surface area contributed by atoms with Crippen LogP contribution in [0.3, 0.4) is 0 Å². The third-order valence-electron chi connectivity index (χ3n) is 3.11. The van der Waals surface area contributed by atoms with Crippen LogP contribution in [0.25, 0.3) is 0 Å². The Kier molecular flexibility index (Phi) is 12.6. The zero-order valence-electron chi connectivity index (χ0n) is 11.9. The quantitative estimate of drug-likeness (QED) is 0.287. The van der Waals surface area contributed by atoms with Gasteiger partial charge in [0.25, 0.3) is 0 Å². The molecule has 0 radical (unpaired) electrons. The van der Waals surface area contributed by atoms with Gasteiger partial charge in [0, 0.05) is 0 Å². The third kappa shape index (κ3) is 13.7. The van der Waals surface area contributed by atoms with E-state index in [1.165, 1.54) is 76.2 Å². The summed E-state index contributed by atoms with van der Waals surface area (Å²) in [5, 5.41) is 0. The van der Waals surface area contributed by atoms with Crippen LogP contribution in [0.4, 0.5) is 0 Å². The van der Waals surface area contributed by atoms with Crippen molar-refractivity contribution in [2.75, 3.05) is 0 Å². The molecular formula is C16H32. The highest BCUT2D eigenvalue weighted by Crippen LogP contribution is 2.11. The molecule has 0 fully saturated rings. The molecule has 0 heterocycles. The van der Waals surface area contributed by atoms with E-state index in [1.54, 1.807) is 0 Å².